The molecular formula is C56H107NO5. The molecule has 1 amide bonds. The monoisotopic (exact) mass is 874 g/mol. The summed E-state index contributed by atoms with van der Waals surface area (Å²) in [7, 11) is 0. The first-order chi connectivity index (χ1) is 30.5. The highest BCUT2D eigenvalue weighted by molar-refractivity contribution is 5.76. The van der Waals surface area contributed by atoms with Gasteiger partial charge in [-0.25, -0.2) is 0 Å². The Hall–Kier alpha value is -1.66. The van der Waals surface area contributed by atoms with Crippen molar-refractivity contribution >= 4 is 11.9 Å². The van der Waals surface area contributed by atoms with Crippen LogP contribution in [-0.2, 0) is 14.3 Å². The number of amides is 1. The van der Waals surface area contributed by atoms with Crippen LogP contribution in [0.2, 0.25) is 0 Å². The molecule has 0 aliphatic rings. The van der Waals surface area contributed by atoms with E-state index in [1.807, 2.05) is 6.08 Å². The van der Waals surface area contributed by atoms with E-state index in [1.54, 1.807) is 6.08 Å². The molecule has 6 heteroatoms. The minimum atomic E-state index is -0.857. The van der Waals surface area contributed by atoms with Gasteiger partial charge in [0.05, 0.1) is 25.4 Å². The van der Waals surface area contributed by atoms with Gasteiger partial charge in [0.1, 0.15) is 0 Å². The highest BCUT2D eigenvalue weighted by atomic mass is 16.5. The summed E-state index contributed by atoms with van der Waals surface area (Å²) in [4.78, 5) is 24.5. The van der Waals surface area contributed by atoms with Crippen LogP contribution in [0, 0.1) is 0 Å². The first-order valence-corrected chi connectivity index (χ1v) is 27.6. The molecule has 0 aliphatic carbocycles. The summed E-state index contributed by atoms with van der Waals surface area (Å²) in [6.07, 6.45) is 61.8. The minimum Gasteiger partial charge on any atom is -0.466 e. The Balaban J connectivity index is 3.50. The lowest BCUT2D eigenvalue weighted by molar-refractivity contribution is -0.143. The quantitative estimate of drug-likeness (QED) is 0.0321. The van der Waals surface area contributed by atoms with Crippen molar-refractivity contribution in [2.75, 3.05) is 13.2 Å². The van der Waals surface area contributed by atoms with Crippen LogP contribution >= 0.6 is 0 Å². The van der Waals surface area contributed by atoms with Gasteiger partial charge in [-0.15, -0.1) is 0 Å². The maximum Gasteiger partial charge on any atom is 0.305 e. The molecule has 6 nitrogen and oxygen atoms in total. The lowest BCUT2D eigenvalue weighted by Crippen LogP contribution is -2.45. The average molecular weight is 874 g/mol. The Morgan fingerprint density at radius 2 is 0.758 bits per heavy atom. The summed E-state index contributed by atoms with van der Waals surface area (Å²) >= 11 is 0. The van der Waals surface area contributed by atoms with Crippen molar-refractivity contribution in [3.05, 3.63) is 24.3 Å². The van der Waals surface area contributed by atoms with Gasteiger partial charge in [-0.3, -0.25) is 9.59 Å². The number of hydrogen-bond donors (Lipinski definition) is 3. The van der Waals surface area contributed by atoms with E-state index in [9.17, 15) is 19.8 Å². The number of carbonyl (C=O) groups excluding carboxylic acids is 2. The number of carbonyl (C=O) groups is 2. The zero-order chi connectivity index (χ0) is 45.1. The number of aliphatic hydroxyl groups excluding tert-OH is 2. The molecule has 0 bridgehead atoms. The van der Waals surface area contributed by atoms with Gasteiger partial charge in [0.2, 0.25) is 5.91 Å². The lowest BCUT2D eigenvalue weighted by Gasteiger charge is -2.20. The molecule has 0 radical (unpaired) electrons. The Morgan fingerprint density at radius 3 is 1.15 bits per heavy atom. The van der Waals surface area contributed by atoms with E-state index in [1.165, 1.54) is 212 Å². The second-order valence-electron chi connectivity index (χ2n) is 18.9. The molecule has 0 aromatic rings. The van der Waals surface area contributed by atoms with E-state index < -0.39 is 12.1 Å². The molecule has 0 aliphatic heterocycles. The van der Waals surface area contributed by atoms with Crippen molar-refractivity contribution in [2.24, 2.45) is 0 Å². The van der Waals surface area contributed by atoms with E-state index in [0.29, 0.717) is 19.4 Å². The topological polar surface area (TPSA) is 95.9 Å². The molecule has 62 heavy (non-hydrogen) atoms. The molecule has 0 saturated heterocycles. The van der Waals surface area contributed by atoms with Gasteiger partial charge >= 0.3 is 5.97 Å². The molecule has 0 saturated carbocycles. The Labute approximate surface area is 386 Å². The number of ether oxygens (including phenoxy) is 1. The molecule has 0 fully saturated rings. The van der Waals surface area contributed by atoms with Crippen LogP contribution in [-0.4, -0.2) is 47.4 Å². The fourth-order valence-corrected chi connectivity index (χ4v) is 8.45. The predicted octanol–water partition coefficient (Wildman–Crippen LogP) is 16.7. The van der Waals surface area contributed by atoms with Crippen LogP contribution in [0.15, 0.2) is 24.3 Å². The van der Waals surface area contributed by atoms with Gasteiger partial charge in [0, 0.05) is 12.8 Å². The number of rotatable bonds is 51. The molecule has 2 atom stereocenters. The van der Waals surface area contributed by atoms with Crippen molar-refractivity contribution in [1.29, 1.82) is 0 Å². The number of aliphatic hydroxyl groups is 2. The highest BCUT2D eigenvalue weighted by Crippen LogP contribution is 2.16. The first-order valence-electron chi connectivity index (χ1n) is 27.6. The zero-order valence-corrected chi connectivity index (χ0v) is 41.6. The normalized spacial score (nSPS) is 12.8. The van der Waals surface area contributed by atoms with Crippen LogP contribution in [0.3, 0.4) is 0 Å². The number of unbranched alkanes of at least 4 members (excludes halogenated alkanes) is 38. The fourth-order valence-electron chi connectivity index (χ4n) is 8.45. The fraction of sp³-hybridized carbons (Fsp3) is 0.893. The van der Waals surface area contributed by atoms with Crippen molar-refractivity contribution in [3.8, 4) is 0 Å². The molecule has 0 rings (SSSR count). The maximum atomic E-state index is 12.5. The number of nitrogens with one attached hydrogen (secondary N) is 1. The molecule has 3 N–H and O–H groups in total. The summed E-state index contributed by atoms with van der Waals surface area (Å²) in [5.41, 5.74) is 0. The van der Waals surface area contributed by atoms with E-state index in [2.05, 4.69) is 31.3 Å². The van der Waals surface area contributed by atoms with E-state index in [-0.39, 0.29) is 18.5 Å². The maximum absolute atomic E-state index is 12.5. The molecule has 366 valence electrons. The standard InChI is InChI=1S/C56H107NO5/c1-3-5-7-9-11-13-15-17-19-21-22-23-25-28-32-36-40-44-48-54(59)53(52-58)57-55(60)49-45-41-37-33-29-27-31-35-39-43-47-51-62-56(61)50-46-42-38-34-30-26-24-20-18-16-14-12-10-8-6-4-2/h20,24,44,48,53-54,58-59H,3-19,21-23,25-43,45-47,49-52H2,1-2H3,(H,57,60)/b24-20-,48-44+. The van der Waals surface area contributed by atoms with Gasteiger partial charge in [0.15, 0.2) is 0 Å². The highest BCUT2D eigenvalue weighted by Gasteiger charge is 2.18. The third kappa shape index (κ3) is 47.8. The second-order valence-corrected chi connectivity index (χ2v) is 18.9. The van der Waals surface area contributed by atoms with E-state index in [0.717, 1.165) is 57.8 Å². The molecule has 0 aromatic carbocycles. The molecule has 0 aromatic heterocycles. The zero-order valence-electron chi connectivity index (χ0n) is 41.6. The molecule has 0 heterocycles. The smallest absolute Gasteiger partial charge is 0.305 e. The Kier molecular flexibility index (Phi) is 50.6. The van der Waals surface area contributed by atoms with E-state index >= 15 is 0 Å². The van der Waals surface area contributed by atoms with Gasteiger partial charge in [-0.2, -0.15) is 0 Å². The molecule has 0 spiro atoms. The lowest BCUT2D eigenvalue weighted by atomic mass is 10.0. The third-order valence-electron chi connectivity index (χ3n) is 12.7. The average Bonchev–Trinajstić information content (AvgIpc) is 3.27. The van der Waals surface area contributed by atoms with E-state index in [4.69, 9.17) is 4.74 Å². The van der Waals surface area contributed by atoms with Crippen LogP contribution in [0.25, 0.3) is 0 Å². The third-order valence-corrected chi connectivity index (χ3v) is 12.7. The van der Waals surface area contributed by atoms with Gasteiger partial charge < -0.3 is 20.3 Å². The van der Waals surface area contributed by atoms with Crippen LogP contribution in [0.1, 0.15) is 296 Å². The van der Waals surface area contributed by atoms with Crippen LogP contribution < -0.4 is 5.32 Å². The first kappa shape index (κ1) is 60.3. The SMILES string of the molecule is CCCCCCCCC/C=C\CCCCCCCC(=O)OCCCCCCCCCCCCCC(=O)NC(CO)C(O)/C=C/CCCCCCCCCCCCCCCCCC. The number of esters is 1. The summed E-state index contributed by atoms with van der Waals surface area (Å²) in [5, 5.41) is 23.1. The van der Waals surface area contributed by atoms with Gasteiger partial charge in [-0.1, -0.05) is 250 Å². The van der Waals surface area contributed by atoms with Gasteiger partial charge in [-0.05, 0) is 57.8 Å². The summed E-state index contributed by atoms with van der Waals surface area (Å²) < 4.78 is 5.46. The number of hydrogen-bond acceptors (Lipinski definition) is 5. The summed E-state index contributed by atoms with van der Waals surface area (Å²) in [6, 6.07) is -0.642. The Bertz CT molecular complexity index is 966. The van der Waals surface area contributed by atoms with Gasteiger partial charge in [0.25, 0.3) is 0 Å². The van der Waals surface area contributed by atoms with Crippen LogP contribution in [0.5, 0.6) is 0 Å². The predicted molar refractivity (Wildman–Crippen MR) is 269 cm³/mol. The minimum absolute atomic E-state index is 0.0225. The van der Waals surface area contributed by atoms with Crippen molar-refractivity contribution < 1.29 is 24.5 Å². The number of allylic oxidation sites excluding steroid dienone is 3. The largest absolute Gasteiger partial charge is 0.466 e. The molecular weight excluding hydrogens is 767 g/mol. The van der Waals surface area contributed by atoms with Crippen molar-refractivity contribution in [2.45, 2.75) is 309 Å². The molecule has 2 unspecified atom stereocenters. The second kappa shape index (κ2) is 52.0. The summed E-state index contributed by atoms with van der Waals surface area (Å²) in [5.74, 6) is -0.108. The van der Waals surface area contributed by atoms with Crippen molar-refractivity contribution in [1.82, 2.24) is 5.32 Å². The summed E-state index contributed by atoms with van der Waals surface area (Å²) in [6.45, 7) is 4.87. The van der Waals surface area contributed by atoms with Crippen LogP contribution in [0.4, 0.5) is 0 Å². The van der Waals surface area contributed by atoms with Crippen molar-refractivity contribution in [3.63, 3.8) is 0 Å². The Morgan fingerprint density at radius 1 is 0.435 bits per heavy atom.